The summed E-state index contributed by atoms with van der Waals surface area (Å²) < 4.78 is 93.1. The fourth-order valence-electron chi connectivity index (χ4n) is 3.82. The maximum absolute atomic E-state index is 13.5. The summed E-state index contributed by atoms with van der Waals surface area (Å²) in [6.07, 6.45) is -3.11. The molecular formula is C18H17F7N4OS. The highest BCUT2D eigenvalue weighted by molar-refractivity contribution is 7.15. The van der Waals surface area contributed by atoms with Crippen molar-refractivity contribution in [3.05, 3.63) is 16.8 Å². The van der Waals surface area contributed by atoms with Gasteiger partial charge in [0.2, 0.25) is 5.91 Å². The van der Waals surface area contributed by atoms with Gasteiger partial charge in [0, 0.05) is 37.6 Å². The Hall–Kier alpha value is -2.18. The molecule has 2 aliphatic rings. The lowest BCUT2D eigenvalue weighted by atomic mass is 9.74. The van der Waals surface area contributed by atoms with Gasteiger partial charge in [0.05, 0.1) is 4.88 Å². The first-order chi connectivity index (χ1) is 14.3. The van der Waals surface area contributed by atoms with Crippen LogP contribution in [0.2, 0.25) is 0 Å². The van der Waals surface area contributed by atoms with Crippen molar-refractivity contribution in [2.45, 2.75) is 56.0 Å². The smallest absolute Gasteiger partial charge is 0.311 e. The van der Waals surface area contributed by atoms with E-state index in [0.29, 0.717) is 16.9 Å². The number of anilines is 1. The normalized spacial score (nSPS) is 22.6. The highest BCUT2D eigenvalue weighted by Crippen LogP contribution is 2.56. The Balaban J connectivity index is 1.60. The van der Waals surface area contributed by atoms with Gasteiger partial charge in [0.1, 0.15) is 11.5 Å². The maximum Gasteiger partial charge on any atom is 0.443 e. The molecule has 0 spiro atoms. The third-order valence-corrected chi connectivity index (χ3v) is 6.82. The summed E-state index contributed by atoms with van der Waals surface area (Å²) in [5.41, 5.74) is 0.737. The molecule has 0 aliphatic heterocycles. The minimum Gasteiger partial charge on any atom is -0.311 e. The molecule has 1 atom stereocenters. The standard InChI is InChI=1S/C18H17F7N4OS/c1-29-14(27-11(30)5-9-6-16(19,20)17(9,21)22)12(8-3-2-4-8)13(28-29)10-7-26-15(31-10)18(23,24)25/h7-9H,2-6H2,1H3,(H,27,30)/t9-/m0/s1. The topological polar surface area (TPSA) is 59.8 Å². The molecule has 1 amide bonds. The largest absolute Gasteiger partial charge is 0.443 e. The number of amides is 1. The van der Waals surface area contributed by atoms with Crippen molar-refractivity contribution in [2.24, 2.45) is 13.0 Å². The molecule has 2 aromatic rings. The van der Waals surface area contributed by atoms with Crippen LogP contribution in [0.3, 0.4) is 0 Å². The van der Waals surface area contributed by atoms with Crippen molar-refractivity contribution >= 4 is 23.1 Å². The van der Waals surface area contributed by atoms with Crippen LogP contribution in [-0.2, 0) is 18.0 Å². The van der Waals surface area contributed by atoms with Crippen LogP contribution in [-0.4, -0.2) is 32.5 Å². The number of thiazole rings is 1. The molecule has 0 aromatic carbocycles. The van der Waals surface area contributed by atoms with E-state index in [2.05, 4.69) is 15.4 Å². The lowest BCUT2D eigenvalue weighted by Crippen LogP contribution is -2.59. The van der Waals surface area contributed by atoms with Crippen LogP contribution in [0.5, 0.6) is 0 Å². The summed E-state index contributed by atoms with van der Waals surface area (Å²) in [6.45, 7) is 0. The first-order valence-corrected chi connectivity index (χ1v) is 10.3. The summed E-state index contributed by atoms with van der Waals surface area (Å²) in [6, 6.07) is 0. The van der Waals surface area contributed by atoms with Crippen molar-refractivity contribution in [3.63, 3.8) is 0 Å². The number of carbonyl (C=O) groups is 1. The quantitative estimate of drug-likeness (QED) is 0.592. The number of carbonyl (C=O) groups excluding carboxylic acids is 1. The molecule has 0 unspecified atom stereocenters. The predicted molar refractivity (Wildman–Crippen MR) is 97.2 cm³/mol. The average molecular weight is 470 g/mol. The zero-order chi connectivity index (χ0) is 22.8. The van der Waals surface area contributed by atoms with Gasteiger partial charge in [0.25, 0.3) is 0 Å². The number of aryl methyl sites for hydroxylation is 1. The summed E-state index contributed by atoms with van der Waals surface area (Å²) in [7, 11) is 1.46. The Labute approximate surface area is 175 Å². The van der Waals surface area contributed by atoms with Crippen molar-refractivity contribution in [3.8, 4) is 10.6 Å². The number of nitrogens with zero attached hydrogens (tertiary/aromatic N) is 3. The third kappa shape index (κ3) is 3.70. The molecule has 2 aliphatic carbocycles. The molecule has 4 rings (SSSR count). The number of hydrogen-bond donors (Lipinski definition) is 1. The molecule has 13 heteroatoms. The van der Waals surface area contributed by atoms with Gasteiger partial charge in [-0.05, 0) is 18.8 Å². The minimum atomic E-state index is -4.61. The summed E-state index contributed by atoms with van der Waals surface area (Å²) in [4.78, 5) is 15.9. The molecule has 31 heavy (non-hydrogen) atoms. The summed E-state index contributed by atoms with van der Waals surface area (Å²) in [5, 5.41) is 5.66. The van der Waals surface area contributed by atoms with E-state index in [1.54, 1.807) is 0 Å². The number of alkyl halides is 7. The van der Waals surface area contributed by atoms with E-state index in [9.17, 15) is 35.5 Å². The fraction of sp³-hybridized carbons (Fsp3) is 0.611. The van der Waals surface area contributed by atoms with Crippen LogP contribution in [0.15, 0.2) is 6.20 Å². The van der Waals surface area contributed by atoms with Gasteiger partial charge in [-0.1, -0.05) is 6.42 Å². The second kappa shape index (κ2) is 7.17. The Morgan fingerprint density at radius 3 is 2.45 bits per heavy atom. The zero-order valence-corrected chi connectivity index (χ0v) is 16.9. The molecule has 2 aromatic heterocycles. The van der Waals surface area contributed by atoms with Crippen molar-refractivity contribution in [1.82, 2.24) is 14.8 Å². The van der Waals surface area contributed by atoms with Gasteiger partial charge in [-0.15, -0.1) is 11.3 Å². The number of aromatic nitrogens is 3. The molecule has 0 saturated heterocycles. The van der Waals surface area contributed by atoms with E-state index in [-0.39, 0.29) is 22.3 Å². The summed E-state index contributed by atoms with van der Waals surface area (Å²) in [5.74, 6) is -11.0. The van der Waals surface area contributed by atoms with E-state index >= 15 is 0 Å². The molecular weight excluding hydrogens is 453 g/mol. The van der Waals surface area contributed by atoms with E-state index < -0.39 is 47.7 Å². The molecule has 2 heterocycles. The van der Waals surface area contributed by atoms with Gasteiger partial charge >= 0.3 is 18.0 Å². The number of hydrogen-bond acceptors (Lipinski definition) is 4. The molecule has 0 bridgehead atoms. The molecule has 0 radical (unpaired) electrons. The second-order valence-electron chi connectivity index (χ2n) is 7.87. The predicted octanol–water partition coefficient (Wildman–Crippen LogP) is 5.45. The van der Waals surface area contributed by atoms with Gasteiger partial charge in [-0.3, -0.25) is 9.48 Å². The molecule has 2 fully saturated rings. The monoisotopic (exact) mass is 470 g/mol. The Bertz CT molecular complexity index is 1010. The average Bonchev–Trinajstić information content (AvgIpc) is 3.20. The van der Waals surface area contributed by atoms with Gasteiger partial charge in [0.15, 0.2) is 5.01 Å². The lowest BCUT2D eigenvalue weighted by Gasteiger charge is -2.43. The number of halogens is 7. The zero-order valence-electron chi connectivity index (χ0n) is 16.1. The van der Waals surface area contributed by atoms with Crippen LogP contribution < -0.4 is 5.32 Å². The highest BCUT2D eigenvalue weighted by Gasteiger charge is 2.71. The van der Waals surface area contributed by atoms with Crippen LogP contribution in [0, 0.1) is 5.92 Å². The lowest BCUT2D eigenvalue weighted by molar-refractivity contribution is -0.313. The Morgan fingerprint density at radius 1 is 1.29 bits per heavy atom. The Morgan fingerprint density at radius 2 is 1.97 bits per heavy atom. The number of rotatable bonds is 5. The van der Waals surface area contributed by atoms with Crippen LogP contribution in [0.4, 0.5) is 36.6 Å². The fourth-order valence-corrected chi connectivity index (χ4v) is 4.60. The van der Waals surface area contributed by atoms with Crippen molar-refractivity contribution in [1.29, 1.82) is 0 Å². The molecule has 5 nitrogen and oxygen atoms in total. The van der Waals surface area contributed by atoms with E-state index in [4.69, 9.17) is 0 Å². The van der Waals surface area contributed by atoms with Crippen molar-refractivity contribution in [2.75, 3.05) is 5.32 Å². The first-order valence-electron chi connectivity index (χ1n) is 9.47. The maximum atomic E-state index is 13.5. The van der Waals surface area contributed by atoms with Gasteiger partial charge in [-0.25, -0.2) is 4.98 Å². The summed E-state index contributed by atoms with van der Waals surface area (Å²) >= 11 is 0.416. The molecule has 1 N–H and O–H groups in total. The third-order valence-electron chi connectivity index (χ3n) is 5.77. The number of nitrogens with one attached hydrogen (secondary N) is 1. The van der Waals surface area contributed by atoms with Gasteiger partial charge < -0.3 is 5.32 Å². The van der Waals surface area contributed by atoms with Crippen LogP contribution >= 0.6 is 11.3 Å². The Kier molecular flexibility index (Phi) is 5.10. The molecule has 2 saturated carbocycles. The van der Waals surface area contributed by atoms with E-state index in [1.165, 1.54) is 11.7 Å². The van der Waals surface area contributed by atoms with E-state index in [1.807, 2.05) is 0 Å². The van der Waals surface area contributed by atoms with Crippen molar-refractivity contribution < 1.29 is 35.5 Å². The SMILES string of the molecule is Cn1nc(-c2cnc(C(F)(F)F)s2)c(C2CCC2)c1NC(=O)C[C@H]1CC(F)(F)C1(F)F. The van der Waals surface area contributed by atoms with E-state index in [0.717, 1.165) is 25.5 Å². The first kappa shape index (κ1) is 22.0. The molecule has 170 valence electrons. The van der Waals surface area contributed by atoms with Gasteiger partial charge in [-0.2, -0.15) is 35.8 Å². The minimum absolute atomic E-state index is 0.0788. The van der Waals surface area contributed by atoms with Crippen LogP contribution in [0.25, 0.3) is 10.6 Å². The second-order valence-corrected chi connectivity index (χ2v) is 8.90. The highest BCUT2D eigenvalue weighted by atomic mass is 32.1. The van der Waals surface area contributed by atoms with Crippen LogP contribution in [0.1, 0.15) is 48.6 Å².